The summed E-state index contributed by atoms with van der Waals surface area (Å²) in [6, 6.07) is 6.75. The Balaban J connectivity index is 2.08. The Kier molecular flexibility index (Phi) is 4.56. The van der Waals surface area contributed by atoms with Gasteiger partial charge in [0, 0.05) is 17.4 Å². The van der Waals surface area contributed by atoms with E-state index in [0.717, 1.165) is 8.68 Å². The summed E-state index contributed by atoms with van der Waals surface area (Å²) < 4.78 is 1.73. The number of rotatable bonds is 5. The molecule has 0 bridgehead atoms. The van der Waals surface area contributed by atoms with E-state index in [-0.39, 0.29) is 10.6 Å². The molecule has 1 aromatic heterocycles. The monoisotopic (exact) mass is 299 g/mol. The van der Waals surface area contributed by atoms with Gasteiger partial charge in [-0.2, -0.15) is 0 Å². The molecule has 0 amide bonds. The van der Waals surface area contributed by atoms with E-state index in [1.807, 2.05) is 6.26 Å². The van der Waals surface area contributed by atoms with Crippen LogP contribution in [-0.4, -0.2) is 21.4 Å². The third-order valence-electron chi connectivity index (χ3n) is 2.10. The molecule has 5 nitrogen and oxygen atoms in total. The third-order valence-corrected chi connectivity index (χ3v) is 5.18. The van der Waals surface area contributed by atoms with Crippen molar-refractivity contribution < 1.29 is 4.92 Å². The molecule has 18 heavy (non-hydrogen) atoms. The molecule has 1 aromatic carbocycles. The van der Waals surface area contributed by atoms with Crippen LogP contribution in [-0.2, 0) is 5.75 Å². The maximum atomic E-state index is 10.9. The van der Waals surface area contributed by atoms with E-state index in [0.29, 0.717) is 11.3 Å². The Labute approximate surface area is 116 Å². The number of nitrogens with zero attached hydrogens (tertiary/aromatic N) is 3. The van der Waals surface area contributed by atoms with E-state index >= 15 is 0 Å². The first kappa shape index (κ1) is 13.3. The van der Waals surface area contributed by atoms with E-state index < -0.39 is 0 Å². The summed E-state index contributed by atoms with van der Waals surface area (Å²) in [5.41, 5.74) is 0.855. The maximum absolute atomic E-state index is 10.9. The van der Waals surface area contributed by atoms with Crippen molar-refractivity contribution in [3.8, 4) is 0 Å². The first-order valence-electron chi connectivity index (χ1n) is 4.93. The summed E-state index contributed by atoms with van der Waals surface area (Å²) >= 11 is 4.51. The van der Waals surface area contributed by atoms with Crippen LogP contribution in [0, 0.1) is 10.1 Å². The van der Waals surface area contributed by atoms with Gasteiger partial charge in [0.1, 0.15) is 0 Å². The van der Waals surface area contributed by atoms with E-state index in [4.69, 9.17) is 0 Å². The second-order valence-electron chi connectivity index (χ2n) is 3.21. The Morgan fingerprint density at radius 2 is 2.06 bits per heavy atom. The van der Waals surface area contributed by atoms with Gasteiger partial charge in [0.25, 0.3) is 5.69 Å². The molecule has 0 saturated carbocycles. The number of aromatic nitrogens is 2. The van der Waals surface area contributed by atoms with Gasteiger partial charge in [-0.1, -0.05) is 53.1 Å². The topological polar surface area (TPSA) is 68.9 Å². The molecule has 94 valence electrons. The Bertz CT molecular complexity index is 559. The summed E-state index contributed by atoms with van der Waals surface area (Å²) in [4.78, 5) is 10.5. The zero-order chi connectivity index (χ0) is 13.0. The number of benzene rings is 1. The van der Waals surface area contributed by atoms with Gasteiger partial charge in [-0.3, -0.25) is 10.1 Å². The lowest BCUT2D eigenvalue weighted by molar-refractivity contribution is -0.385. The first-order valence-corrected chi connectivity index (χ1v) is 7.96. The van der Waals surface area contributed by atoms with Crippen LogP contribution < -0.4 is 0 Å². The van der Waals surface area contributed by atoms with Crippen molar-refractivity contribution in [1.82, 2.24) is 10.2 Å². The van der Waals surface area contributed by atoms with Crippen molar-refractivity contribution in [2.45, 2.75) is 14.4 Å². The summed E-state index contributed by atoms with van der Waals surface area (Å²) in [7, 11) is 0. The molecule has 2 aromatic rings. The van der Waals surface area contributed by atoms with Crippen LogP contribution in [0.4, 0.5) is 5.69 Å². The highest BCUT2D eigenvalue weighted by molar-refractivity contribution is 8.02. The smallest absolute Gasteiger partial charge is 0.258 e. The van der Waals surface area contributed by atoms with E-state index in [1.54, 1.807) is 30.0 Å². The number of nitro groups is 1. The summed E-state index contributed by atoms with van der Waals surface area (Å²) in [5.74, 6) is 0.528. The van der Waals surface area contributed by atoms with Crippen LogP contribution >= 0.6 is 34.9 Å². The molecule has 2 rings (SSSR count). The molecule has 0 saturated heterocycles. The van der Waals surface area contributed by atoms with Crippen LogP contribution in [0.1, 0.15) is 5.56 Å². The minimum Gasteiger partial charge on any atom is -0.258 e. The van der Waals surface area contributed by atoms with E-state index in [9.17, 15) is 10.1 Å². The highest BCUT2D eigenvalue weighted by Gasteiger charge is 2.13. The summed E-state index contributed by atoms with van der Waals surface area (Å²) in [6.07, 6.45) is 1.94. The van der Waals surface area contributed by atoms with Gasteiger partial charge < -0.3 is 0 Å². The molecule has 0 unspecified atom stereocenters. The lowest BCUT2D eigenvalue weighted by atomic mass is 10.2. The van der Waals surface area contributed by atoms with E-state index in [2.05, 4.69) is 10.2 Å². The second-order valence-corrected chi connectivity index (χ2v) is 6.47. The normalized spacial score (nSPS) is 10.5. The Morgan fingerprint density at radius 3 is 2.72 bits per heavy atom. The largest absolute Gasteiger partial charge is 0.273 e. The molecule has 0 fully saturated rings. The quantitative estimate of drug-likeness (QED) is 0.478. The van der Waals surface area contributed by atoms with Gasteiger partial charge in [0.15, 0.2) is 8.68 Å². The molecule has 0 aliphatic carbocycles. The van der Waals surface area contributed by atoms with Gasteiger partial charge in [-0.05, 0) is 6.26 Å². The van der Waals surface area contributed by atoms with Gasteiger partial charge in [-0.25, -0.2) is 0 Å². The number of nitro benzene ring substituents is 1. The zero-order valence-electron chi connectivity index (χ0n) is 9.40. The molecule has 0 spiro atoms. The average Bonchev–Trinajstić information content (AvgIpc) is 2.84. The van der Waals surface area contributed by atoms with Crippen molar-refractivity contribution in [2.24, 2.45) is 0 Å². The van der Waals surface area contributed by atoms with Crippen LogP contribution in [0.2, 0.25) is 0 Å². The van der Waals surface area contributed by atoms with Crippen LogP contribution in [0.15, 0.2) is 32.9 Å². The molecule has 8 heteroatoms. The Morgan fingerprint density at radius 1 is 1.33 bits per heavy atom. The number of thioether (sulfide) groups is 2. The predicted octanol–water partition coefficient (Wildman–Crippen LogP) is 3.46. The molecule has 0 aliphatic rings. The van der Waals surface area contributed by atoms with Gasteiger partial charge in [-0.15, -0.1) is 10.2 Å². The van der Waals surface area contributed by atoms with Crippen molar-refractivity contribution >= 4 is 40.5 Å². The minimum atomic E-state index is -0.358. The second kappa shape index (κ2) is 6.17. The van der Waals surface area contributed by atoms with Gasteiger partial charge >= 0.3 is 0 Å². The summed E-state index contributed by atoms with van der Waals surface area (Å²) in [5, 5.41) is 18.8. The zero-order valence-corrected chi connectivity index (χ0v) is 11.8. The first-order chi connectivity index (χ1) is 8.70. The van der Waals surface area contributed by atoms with Crippen molar-refractivity contribution in [1.29, 1.82) is 0 Å². The summed E-state index contributed by atoms with van der Waals surface area (Å²) in [6.45, 7) is 0. The van der Waals surface area contributed by atoms with Crippen molar-refractivity contribution in [2.75, 3.05) is 6.26 Å². The lowest BCUT2D eigenvalue weighted by Crippen LogP contribution is -1.93. The van der Waals surface area contributed by atoms with Crippen molar-refractivity contribution in [3.63, 3.8) is 0 Å². The fourth-order valence-corrected chi connectivity index (χ4v) is 3.72. The maximum Gasteiger partial charge on any atom is 0.273 e. The highest BCUT2D eigenvalue weighted by Crippen LogP contribution is 2.31. The number of para-hydroxylation sites is 1. The van der Waals surface area contributed by atoms with Gasteiger partial charge in [0.05, 0.1) is 4.92 Å². The molecule has 0 atom stereocenters. The van der Waals surface area contributed by atoms with Crippen molar-refractivity contribution in [3.05, 3.63) is 39.9 Å². The van der Waals surface area contributed by atoms with Crippen LogP contribution in [0.5, 0.6) is 0 Å². The highest BCUT2D eigenvalue weighted by atomic mass is 32.2. The SMILES string of the molecule is CSc1nnc(SCc2ccccc2[N+](=O)[O-])s1. The Hall–Kier alpha value is -1.12. The van der Waals surface area contributed by atoms with E-state index in [1.165, 1.54) is 29.2 Å². The standard InChI is InChI=1S/C10H9N3O2S3/c1-16-9-11-12-10(18-9)17-6-7-4-2-3-5-8(7)13(14)15/h2-5H,6H2,1H3. The molecular weight excluding hydrogens is 290 g/mol. The van der Waals surface area contributed by atoms with Crippen LogP contribution in [0.25, 0.3) is 0 Å². The minimum absolute atomic E-state index is 0.152. The molecular formula is C10H9N3O2S3. The van der Waals surface area contributed by atoms with Gasteiger partial charge in [0.2, 0.25) is 0 Å². The third kappa shape index (κ3) is 3.21. The fraction of sp³-hybridized carbons (Fsp3) is 0.200. The van der Waals surface area contributed by atoms with Crippen LogP contribution in [0.3, 0.4) is 0 Å². The number of hydrogen-bond acceptors (Lipinski definition) is 7. The number of hydrogen-bond donors (Lipinski definition) is 0. The predicted molar refractivity (Wildman–Crippen MR) is 74.3 cm³/mol. The molecule has 1 heterocycles. The molecule has 0 aliphatic heterocycles. The lowest BCUT2D eigenvalue weighted by Gasteiger charge is -2.00. The molecule has 0 N–H and O–H groups in total. The average molecular weight is 299 g/mol. The molecule has 0 radical (unpaired) electrons. The fourth-order valence-electron chi connectivity index (χ4n) is 1.29.